The molecule has 0 aliphatic carbocycles. The average Bonchev–Trinajstić information content (AvgIpc) is 3.00. The molecule has 0 spiro atoms. The van der Waals surface area contributed by atoms with E-state index in [4.69, 9.17) is 0 Å². The maximum absolute atomic E-state index is 12.9. The minimum absolute atomic E-state index is 0.0667. The van der Waals surface area contributed by atoms with E-state index in [1.54, 1.807) is 6.20 Å². The monoisotopic (exact) mass is 303 g/mol. The summed E-state index contributed by atoms with van der Waals surface area (Å²) in [5.41, 5.74) is 1.05. The van der Waals surface area contributed by atoms with Crippen molar-refractivity contribution in [1.82, 2.24) is 14.1 Å². The van der Waals surface area contributed by atoms with Gasteiger partial charge in [-0.3, -0.25) is 4.79 Å². The fourth-order valence-electron chi connectivity index (χ4n) is 3.17. The second kappa shape index (κ2) is 5.39. The van der Waals surface area contributed by atoms with Crippen LogP contribution in [-0.2, 0) is 13.1 Å². The Balaban J connectivity index is 1.92. The molecule has 0 amide bonds. The molecule has 0 fully saturated rings. The molecular weight excluding hydrogens is 286 g/mol. The van der Waals surface area contributed by atoms with E-state index in [1.165, 1.54) is 0 Å². The normalized spacial score (nSPS) is 11.3. The molecule has 0 N–H and O–H groups in total. The molecule has 2 heterocycles. The molecule has 4 rings (SSSR count). The molecule has 4 heteroatoms. The Labute approximate surface area is 133 Å². The van der Waals surface area contributed by atoms with Crippen LogP contribution in [0.5, 0.6) is 0 Å². The summed E-state index contributed by atoms with van der Waals surface area (Å²) in [5, 5.41) is 2.90. The van der Waals surface area contributed by atoms with Gasteiger partial charge in [-0.05, 0) is 24.4 Å². The number of benzene rings is 2. The topological polar surface area (TPSA) is 39.8 Å². The van der Waals surface area contributed by atoms with Crippen molar-refractivity contribution in [2.24, 2.45) is 0 Å². The highest BCUT2D eigenvalue weighted by molar-refractivity contribution is 6.05. The molecule has 4 nitrogen and oxygen atoms in total. The number of hydrogen-bond acceptors (Lipinski definition) is 2. The highest BCUT2D eigenvalue weighted by atomic mass is 16.1. The van der Waals surface area contributed by atoms with Gasteiger partial charge < -0.3 is 9.13 Å². The lowest BCUT2D eigenvalue weighted by Crippen LogP contribution is -2.23. The fraction of sp³-hybridized carbons (Fsp3) is 0.158. The Bertz CT molecular complexity index is 1060. The van der Waals surface area contributed by atoms with Crippen LogP contribution in [0.25, 0.3) is 21.7 Å². The van der Waals surface area contributed by atoms with E-state index in [-0.39, 0.29) is 5.56 Å². The third kappa shape index (κ3) is 2.23. The van der Waals surface area contributed by atoms with Crippen molar-refractivity contribution in [1.29, 1.82) is 0 Å². The van der Waals surface area contributed by atoms with Crippen molar-refractivity contribution in [3.8, 4) is 0 Å². The first-order chi connectivity index (χ1) is 11.3. The predicted molar refractivity (Wildman–Crippen MR) is 92.7 cm³/mol. The smallest absolute Gasteiger partial charge is 0.258 e. The summed E-state index contributed by atoms with van der Waals surface area (Å²) in [6.07, 6.45) is 3.74. The van der Waals surface area contributed by atoms with Gasteiger partial charge in [0.15, 0.2) is 0 Å². The molecule has 0 saturated carbocycles. The molecule has 2 aromatic carbocycles. The van der Waals surface area contributed by atoms with Crippen LogP contribution in [0.3, 0.4) is 0 Å². The minimum atomic E-state index is 0.0667. The van der Waals surface area contributed by atoms with Gasteiger partial charge in [0, 0.05) is 36.3 Å². The van der Waals surface area contributed by atoms with Crippen molar-refractivity contribution < 1.29 is 0 Å². The van der Waals surface area contributed by atoms with Crippen molar-refractivity contribution in [3.63, 3.8) is 0 Å². The summed E-state index contributed by atoms with van der Waals surface area (Å²) in [6, 6.07) is 15.9. The molecule has 114 valence electrons. The zero-order valence-corrected chi connectivity index (χ0v) is 12.9. The van der Waals surface area contributed by atoms with E-state index in [9.17, 15) is 4.79 Å². The minimum Gasteiger partial charge on any atom is -0.333 e. The Morgan fingerprint density at radius 2 is 1.61 bits per heavy atom. The predicted octanol–water partition coefficient (Wildman–Crippen LogP) is 3.36. The second-order valence-electron chi connectivity index (χ2n) is 5.69. The number of fused-ring (bicyclic) bond motifs is 3. The van der Waals surface area contributed by atoms with Gasteiger partial charge in [0.25, 0.3) is 5.56 Å². The van der Waals surface area contributed by atoms with Gasteiger partial charge in [0.2, 0.25) is 0 Å². The summed E-state index contributed by atoms with van der Waals surface area (Å²) in [6.45, 7) is 3.33. The third-order valence-corrected chi connectivity index (χ3v) is 4.38. The lowest BCUT2D eigenvalue weighted by atomic mass is 10.1. The van der Waals surface area contributed by atoms with Crippen LogP contribution in [-0.4, -0.2) is 14.1 Å². The van der Waals surface area contributed by atoms with Gasteiger partial charge in [-0.2, -0.15) is 0 Å². The average molecular weight is 303 g/mol. The molecule has 0 aliphatic rings. The lowest BCUT2D eigenvalue weighted by molar-refractivity contribution is 0.570. The SMILES string of the molecule is Cc1nccn1CCn1c(=O)c2ccccc2c2ccccc21. The standard InChI is InChI=1S/C19H17N3O/c1-14-20-10-11-21(14)12-13-22-18-9-5-4-7-16(18)15-6-2-3-8-17(15)19(22)23/h2-11H,12-13H2,1H3. The molecule has 4 aromatic rings. The Hall–Kier alpha value is -2.88. The lowest BCUT2D eigenvalue weighted by Gasteiger charge is -2.14. The zero-order chi connectivity index (χ0) is 15.8. The van der Waals surface area contributed by atoms with E-state index in [0.29, 0.717) is 6.54 Å². The van der Waals surface area contributed by atoms with E-state index < -0.39 is 0 Å². The molecule has 0 radical (unpaired) electrons. The van der Waals surface area contributed by atoms with Gasteiger partial charge in [-0.25, -0.2) is 4.98 Å². The number of aryl methyl sites for hydroxylation is 3. The van der Waals surface area contributed by atoms with Crippen LogP contribution < -0.4 is 5.56 Å². The van der Waals surface area contributed by atoms with Crippen LogP contribution in [0.2, 0.25) is 0 Å². The molecule has 0 aliphatic heterocycles. The van der Waals surface area contributed by atoms with E-state index >= 15 is 0 Å². The molecule has 0 bridgehead atoms. The molecular formula is C19H17N3O. The molecule has 0 saturated heterocycles. The number of imidazole rings is 1. The van der Waals surface area contributed by atoms with E-state index in [2.05, 4.69) is 15.6 Å². The van der Waals surface area contributed by atoms with Gasteiger partial charge in [0.1, 0.15) is 5.82 Å². The number of pyridine rings is 1. The summed E-state index contributed by atoms with van der Waals surface area (Å²) in [4.78, 5) is 17.2. The molecule has 23 heavy (non-hydrogen) atoms. The number of hydrogen-bond donors (Lipinski definition) is 0. The first kappa shape index (κ1) is 13.8. The van der Waals surface area contributed by atoms with E-state index in [0.717, 1.165) is 34.0 Å². The first-order valence-electron chi connectivity index (χ1n) is 7.74. The van der Waals surface area contributed by atoms with Crippen molar-refractivity contribution in [2.75, 3.05) is 0 Å². The summed E-state index contributed by atoms with van der Waals surface area (Å²) < 4.78 is 3.94. The van der Waals surface area contributed by atoms with Crippen LogP contribution in [0, 0.1) is 6.92 Å². The van der Waals surface area contributed by atoms with Gasteiger partial charge in [-0.1, -0.05) is 36.4 Å². The zero-order valence-electron chi connectivity index (χ0n) is 12.9. The quantitative estimate of drug-likeness (QED) is 0.544. The van der Waals surface area contributed by atoms with Crippen molar-refractivity contribution in [2.45, 2.75) is 20.0 Å². The molecule has 0 unspecified atom stereocenters. The highest BCUT2D eigenvalue weighted by Crippen LogP contribution is 2.22. The van der Waals surface area contributed by atoms with Crippen LogP contribution >= 0.6 is 0 Å². The number of rotatable bonds is 3. The largest absolute Gasteiger partial charge is 0.333 e. The maximum atomic E-state index is 12.9. The summed E-state index contributed by atoms with van der Waals surface area (Å²) >= 11 is 0. The maximum Gasteiger partial charge on any atom is 0.258 e. The second-order valence-corrected chi connectivity index (χ2v) is 5.69. The van der Waals surface area contributed by atoms with Crippen LogP contribution in [0.4, 0.5) is 0 Å². The Kier molecular flexibility index (Phi) is 3.23. The first-order valence-corrected chi connectivity index (χ1v) is 7.74. The fourth-order valence-corrected chi connectivity index (χ4v) is 3.17. The van der Waals surface area contributed by atoms with Crippen molar-refractivity contribution >= 4 is 21.7 Å². The summed E-state index contributed by atoms with van der Waals surface area (Å²) in [5.74, 6) is 0.961. The Morgan fingerprint density at radius 3 is 2.35 bits per heavy atom. The third-order valence-electron chi connectivity index (χ3n) is 4.38. The van der Waals surface area contributed by atoms with Gasteiger partial charge in [-0.15, -0.1) is 0 Å². The number of aromatic nitrogens is 3. The van der Waals surface area contributed by atoms with E-state index in [1.807, 2.05) is 60.2 Å². The molecule has 0 atom stereocenters. The van der Waals surface area contributed by atoms with Crippen LogP contribution in [0.1, 0.15) is 5.82 Å². The van der Waals surface area contributed by atoms with Crippen LogP contribution in [0.15, 0.2) is 65.7 Å². The number of nitrogens with zero attached hydrogens (tertiary/aromatic N) is 3. The van der Waals surface area contributed by atoms with Gasteiger partial charge in [0.05, 0.1) is 5.52 Å². The number of para-hydroxylation sites is 1. The van der Waals surface area contributed by atoms with Crippen molar-refractivity contribution in [3.05, 3.63) is 77.1 Å². The summed E-state index contributed by atoms with van der Waals surface area (Å²) in [7, 11) is 0. The Morgan fingerprint density at radius 1 is 0.913 bits per heavy atom. The highest BCUT2D eigenvalue weighted by Gasteiger charge is 2.10. The molecule has 2 aromatic heterocycles. The van der Waals surface area contributed by atoms with Gasteiger partial charge >= 0.3 is 0 Å².